The Morgan fingerprint density at radius 1 is 1.40 bits per heavy atom. The Balaban J connectivity index is 3.21. The summed E-state index contributed by atoms with van der Waals surface area (Å²) in [5, 5.41) is 3.40. The third-order valence-electron chi connectivity index (χ3n) is 1.71. The highest BCUT2D eigenvalue weighted by Gasteiger charge is 2.00. The quantitative estimate of drug-likeness (QED) is 0.586. The first kappa shape index (κ1) is 9.92. The van der Waals surface area contributed by atoms with E-state index >= 15 is 0 Å². The van der Waals surface area contributed by atoms with Crippen molar-refractivity contribution in [1.82, 2.24) is 5.32 Å². The maximum Gasteiger partial charge on any atom is 0.00770 e. The molecule has 1 atom stereocenters. The van der Waals surface area contributed by atoms with Gasteiger partial charge in [0.15, 0.2) is 0 Å². The van der Waals surface area contributed by atoms with Gasteiger partial charge in [0.1, 0.15) is 0 Å². The van der Waals surface area contributed by atoms with Gasteiger partial charge in [-0.1, -0.05) is 20.3 Å². The average molecular weight is 144 g/mol. The van der Waals surface area contributed by atoms with Crippen molar-refractivity contribution in [2.24, 2.45) is 5.73 Å². The van der Waals surface area contributed by atoms with E-state index in [1.165, 1.54) is 19.3 Å². The summed E-state index contributed by atoms with van der Waals surface area (Å²) < 4.78 is 0. The van der Waals surface area contributed by atoms with Crippen molar-refractivity contribution in [2.45, 2.75) is 39.2 Å². The molecule has 0 aromatic rings. The molecular formula is C8H20N2. The Morgan fingerprint density at radius 2 is 2.10 bits per heavy atom. The fourth-order valence-electron chi connectivity index (χ4n) is 1.09. The Kier molecular flexibility index (Phi) is 6.98. The van der Waals surface area contributed by atoms with Crippen LogP contribution in [0, 0.1) is 0 Å². The van der Waals surface area contributed by atoms with Crippen molar-refractivity contribution >= 4 is 0 Å². The molecule has 0 fully saturated rings. The molecule has 0 aromatic heterocycles. The van der Waals surface area contributed by atoms with Crippen molar-refractivity contribution < 1.29 is 0 Å². The fraction of sp³-hybridized carbons (Fsp3) is 1.00. The van der Waals surface area contributed by atoms with Gasteiger partial charge in [-0.3, -0.25) is 0 Å². The number of nitrogens with two attached hydrogens (primary N) is 1. The Bertz CT molecular complexity index is 64.3. The maximum atomic E-state index is 5.37. The topological polar surface area (TPSA) is 38.0 Å². The lowest BCUT2D eigenvalue weighted by Crippen LogP contribution is -2.32. The standard InChI is InChI=1S/C8H20N2/c1-3-5-8(4-2)10-7-6-9/h8,10H,3-7,9H2,1-2H3. The smallest absolute Gasteiger partial charge is 0.00770 e. The minimum absolute atomic E-state index is 0.688. The summed E-state index contributed by atoms with van der Waals surface area (Å²) in [7, 11) is 0. The summed E-state index contributed by atoms with van der Waals surface area (Å²) in [5.41, 5.74) is 5.37. The molecule has 0 radical (unpaired) electrons. The number of hydrogen-bond acceptors (Lipinski definition) is 2. The molecule has 0 aromatic carbocycles. The predicted molar refractivity (Wildman–Crippen MR) is 46.0 cm³/mol. The second kappa shape index (κ2) is 7.03. The molecule has 0 aliphatic carbocycles. The zero-order valence-electron chi connectivity index (χ0n) is 7.19. The molecule has 62 valence electrons. The van der Waals surface area contributed by atoms with Crippen LogP contribution in [-0.4, -0.2) is 19.1 Å². The van der Waals surface area contributed by atoms with Crippen LogP contribution in [0.3, 0.4) is 0 Å². The normalized spacial score (nSPS) is 13.5. The minimum Gasteiger partial charge on any atom is -0.329 e. The molecule has 0 saturated carbocycles. The third-order valence-corrected chi connectivity index (χ3v) is 1.71. The first-order valence-corrected chi connectivity index (χ1v) is 4.28. The molecule has 0 spiro atoms. The molecule has 0 saturated heterocycles. The summed E-state index contributed by atoms with van der Waals surface area (Å²) in [6, 6.07) is 0.688. The number of rotatable bonds is 6. The van der Waals surface area contributed by atoms with Gasteiger partial charge in [-0.25, -0.2) is 0 Å². The summed E-state index contributed by atoms with van der Waals surface area (Å²) in [6.07, 6.45) is 3.75. The van der Waals surface area contributed by atoms with E-state index in [9.17, 15) is 0 Å². The lowest BCUT2D eigenvalue weighted by Gasteiger charge is -2.14. The Hall–Kier alpha value is -0.0800. The summed E-state index contributed by atoms with van der Waals surface area (Å²) >= 11 is 0. The van der Waals surface area contributed by atoms with Crippen LogP contribution in [0.2, 0.25) is 0 Å². The highest BCUT2D eigenvalue weighted by Crippen LogP contribution is 1.99. The van der Waals surface area contributed by atoms with Crippen molar-refractivity contribution in [3.8, 4) is 0 Å². The molecule has 0 aliphatic rings. The van der Waals surface area contributed by atoms with E-state index < -0.39 is 0 Å². The highest BCUT2D eigenvalue weighted by atomic mass is 14.9. The molecule has 0 amide bonds. The third kappa shape index (κ3) is 4.77. The first-order valence-electron chi connectivity index (χ1n) is 4.28. The van der Waals surface area contributed by atoms with Crippen LogP contribution in [0.25, 0.3) is 0 Å². The van der Waals surface area contributed by atoms with Gasteiger partial charge < -0.3 is 11.1 Å². The molecular weight excluding hydrogens is 124 g/mol. The van der Waals surface area contributed by atoms with Crippen molar-refractivity contribution in [1.29, 1.82) is 0 Å². The zero-order valence-corrected chi connectivity index (χ0v) is 7.19. The predicted octanol–water partition coefficient (Wildman–Crippen LogP) is 1.11. The van der Waals surface area contributed by atoms with E-state index in [1.807, 2.05) is 0 Å². The zero-order chi connectivity index (χ0) is 7.82. The second-order valence-electron chi connectivity index (χ2n) is 2.64. The van der Waals surface area contributed by atoms with Gasteiger partial charge in [0, 0.05) is 19.1 Å². The van der Waals surface area contributed by atoms with Crippen molar-refractivity contribution in [3.05, 3.63) is 0 Å². The van der Waals surface area contributed by atoms with Gasteiger partial charge in [0.05, 0.1) is 0 Å². The van der Waals surface area contributed by atoms with E-state index in [0.29, 0.717) is 6.04 Å². The monoisotopic (exact) mass is 144 g/mol. The van der Waals surface area contributed by atoms with Crippen LogP contribution in [0.1, 0.15) is 33.1 Å². The number of hydrogen-bond donors (Lipinski definition) is 2. The maximum absolute atomic E-state index is 5.37. The second-order valence-corrected chi connectivity index (χ2v) is 2.64. The average Bonchev–Trinajstić information content (AvgIpc) is 1.98. The van der Waals surface area contributed by atoms with E-state index in [-0.39, 0.29) is 0 Å². The van der Waals surface area contributed by atoms with Crippen molar-refractivity contribution in [3.63, 3.8) is 0 Å². The summed E-state index contributed by atoms with van der Waals surface area (Å²) in [5.74, 6) is 0. The van der Waals surface area contributed by atoms with Crippen LogP contribution in [0.4, 0.5) is 0 Å². The Labute approximate surface area is 64.2 Å². The van der Waals surface area contributed by atoms with Gasteiger partial charge in [0.2, 0.25) is 0 Å². The molecule has 1 unspecified atom stereocenters. The lowest BCUT2D eigenvalue weighted by molar-refractivity contribution is 0.469. The number of nitrogens with one attached hydrogen (secondary N) is 1. The molecule has 10 heavy (non-hydrogen) atoms. The van der Waals surface area contributed by atoms with Gasteiger partial charge >= 0.3 is 0 Å². The Morgan fingerprint density at radius 3 is 2.50 bits per heavy atom. The molecule has 0 rings (SSSR count). The van der Waals surface area contributed by atoms with Crippen LogP contribution < -0.4 is 11.1 Å². The molecule has 0 bridgehead atoms. The van der Waals surface area contributed by atoms with Gasteiger partial charge in [-0.2, -0.15) is 0 Å². The SMILES string of the molecule is CCCC(CC)NCCN. The molecule has 3 N–H and O–H groups in total. The van der Waals surface area contributed by atoms with Gasteiger partial charge in [-0.15, -0.1) is 0 Å². The molecule has 2 nitrogen and oxygen atoms in total. The molecule has 0 aliphatic heterocycles. The van der Waals surface area contributed by atoms with Crippen molar-refractivity contribution in [2.75, 3.05) is 13.1 Å². The molecule has 0 heterocycles. The summed E-state index contributed by atoms with van der Waals surface area (Å²) in [6.45, 7) is 6.13. The van der Waals surface area contributed by atoms with Crippen LogP contribution in [-0.2, 0) is 0 Å². The van der Waals surface area contributed by atoms with E-state index in [2.05, 4.69) is 19.2 Å². The minimum atomic E-state index is 0.688. The van der Waals surface area contributed by atoms with E-state index in [1.54, 1.807) is 0 Å². The highest BCUT2D eigenvalue weighted by molar-refractivity contribution is 4.63. The van der Waals surface area contributed by atoms with Gasteiger partial charge in [-0.05, 0) is 12.8 Å². The summed E-state index contributed by atoms with van der Waals surface area (Å²) in [4.78, 5) is 0. The fourth-order valence-corrected chi connectivity index (χ4v) is 1.09. The van der Waals surface area contributed by atoms with Crippen LogP contribution >= 0.6 is 0 Å². The van der Waals surface area contributed by atoms with Crippen LogP contribution in [0.15, 0.2) is 0 Å². The van der Waals surface area contributed by atoms with E-state index in [4.69, 9.17) is 5.73 Å². The van der Waals surface area contributed by atoms with E-state index in [0.717, 1.165) is 13.1 Å². The largest absolute Gasteiger partial charge is 0.329 e. The van der Waals surface area contributed by atoms with Gasteiger partial charge in [0.25, 0.3) is 0 Å². The first-order chi connectivity index (χ1) is 4.85. The lowest BCUT2D eigenvalue weighted by atomic mass is 10.1. The molecule has 2 heteroatoms. The van der Waals surface area contributed by atoms with Crippen LogP contribution in [0.5, 0.6) is 0 Å².